The van der Waals surface area contributed by atoms with Gasteiger partial charge in [0.25, 0.3) is 5.91 Å². The fourth-order valence-corrected chi connectivity index (χ4v) is 5.06. The lowest BCUT2D eigenvalue weighted by Gasteiger charge is -2.41. The second kappa shape index (κ2) is 13.0. The molecular weight excluding hydrogens is 476 g/mol. The van der Waals surface area contributed by atoms with E-state index in [4.69, 9.17) is 9.47 Å². The number of nitrogens with one attached hydrogen (secondary N) is 1. The molecule has 1 aliphatic heterocycles. The Balaban J connectivity index is 1.46. The zero-order valence-electron chi connectivity index (χ0n) is 20.2. The molecule has 0 radical (unpaired) electrons. The minimum Gasteiger partial charge on any atom is -0.396 e. The van der Waals surface area contributed by atoms with Gasteiger partial charge in [-0.2, -0.15) is 11.8 Å². The van der Waals surface area contributed by atoms with E-state index in [-0.39, 0.29) is 37.2 Å². The molecule has 8 heteroatoms. The van der Waals surface area contributed by atoms with Crippen LogP contribution in [0.1, 0.15) is 51.9 Å². The fourth-order valence-electron chi connectivity index (χ4n) is 4.15. The molecule has 7 nitrogen and oxygen atoms in total. The monoisotopic (exact) mass is 508 g/mol. The zero-order valence-corrected chi connectivity index (χ0v) is 21.1. The Bertz CT molecular complexity index is 1100. The SMILES string of the molecule is C[C@@H]1[C@H](CSCCO)O[C@H](c2ccc(CNC(=O)c3cccnc3)cc2)O[C@@H]1c1ccc(CO)cc1. The van der Waals surface area contributed by atoms with Gasteiger partial charge in [0.05, 0.1) is 31.0 Å². The molecule has 2 aromatic carbocycles. The molecule has 4 rings (SSSR count). The maximum atomic E-state index is 12.3. The Morgan fingerprint density at radius 3 is 2.39 bits per heavy atom. The van der Waals surface area contributed by atoms with Gasteiger partial charge in [-0.25, -0.2) is 0 Å². The molecule has 0 unspecified atom stereocenters. The van der Waals surface area contributed by atoms with Crippen molar-refractivity contribution >= 4 is 17.7 Å². The van der Waals surface area contributed by atoms with Crippen molar-refractivity contribution in [1.29, 1.82) is 0 Å². The molecule has 3 N–H and O–H groups in total. The molecule has 3 aromatic rings. The summed E-state index contributed by atoms with van der Waals surface area (Å²) in [5.74, 6) is 1.35. The Morgan fingerprint density at radius 2 is 1.72 bits per heavy atom. The van der Waals surface area contributed by atoms with Crippen LogP contribution >= 0.6 is 11.8 Å². The van der Waals surface area contributed by atoms with Crippen LogP contribution in [0.25, 0.3) is 0 Å². The van der Waals surface area contributed by atoms with Gasteiger partial charge >= 0.3 is 0 Å². The summed E-state index contributed by atoms with van der Waals surface area (Å²) in [5.41, 5.74) is 4.29. The second-order valence-electron chi connectivity index (χ2n) is 8.79. The smallest absolute Gasteiger partial charge is 0.253 e. The first-order valence-corrected chi connectivity index (χ1v) is 13.2. The molecule has 1 saturated heterocycles. The quantitative estimate of drug-likeness (QED) is 0.356. The Kier molecular flexibility index (Phi) is 9.49. The van der Waals surface area contributed by atoms with Crippen LogP contribution in [0.4, 0.5) is 0 Å². The molecule has 2 heterocycles. The molecule has 0 saturated carbocycles. The van der Waals surface area contributed by atoms with Crippen LogP contribution in [0.2, 0.25) is 0 Å². The van der Waals surface area contributed by atoms with E-state index in [1.165, 1.54) is 0 Å². The van der Waals surface area contributed by atoms with Crippen molar-refractivity contribution in [2.45, 2.75) is 38.6 Å². The number of carbonyl (C=O) groups is 1. The number of hydrogen-bond acceptors (Lipinski definition) is 7. The Hall–Kier alpha value is -2.75. The van der Waals surface area contributed by atoms with Crippen molar-refractivity contribution < 1.29 is 24.5 Å². The number of aliphatic hydroxyl groups is 2. The lowest BCUT2D eigenvalue weighted by Crippen LogP contribution is -2.38. The molecule has 36 heavy (non-hydrogen) atoms. The zero-order chi connectivity index (χ0) is 25.3. The third kappa shape index (κ3) is 6.72. The standard InChI is InChI=1S/C28H32N2O5S/c1-19-25(18-36-14-13-31)34-28(35-26(19)22-8-6-21(17-32)7-9-22)23-10-4-20(5-11-23)15-30-27(33)24-3-2-12-29-16-24/h2-12,16,19,25-26,28,31-32H,13-15,17-18H2,1H3,(H,30,33)/t19-,25+,26+,28+/m1/s1. The lowest BCUT2D eigenvalue weighted by atomic mass is 9.91. The molecule has 1 amide bonds. The van der Waals surface area contributed by atoms with Crippen molar-refractivity contribution in [3.05, 3.63) is 101 Å². The summed E-state index contributed by atoms with van der Waals surface area (Å²) in [6, 6.07) is 19.2. The maximum Gasteiger partial charge on any atom is 0.253 e. The molecule has 0 spiro atoms. The van der Waals surface area contributed by atoms with Gasteiger partial charge in [-0.15, -0.1) is 0 Å². The Labute approximate surface area is 215 Å². The predicted octanol–water partition coefficient (Wildman–Crippen LogP) is 4.02. The van der Waals surface area contributed by atoms with Crippen molar-refractivity contribution in [2.75, 3.05) is 18.1 Å². The number of aromatic nitrogens is 1. The van der Waals surface area contributed by atoms with E-state index in [1.807, 2.05) is 48.5 Å². The summed E-state index contributed by atoms with van der Waals surface area (Å²) in [6.45, 7) is 2.66. The van der Waals surface area contributed by atoms with Gasteiger partial charge in [-0.05, 0) is 28.8 Å². The molecule has 1 aromatic heterocycles. The van der Waals surface area contributed by atoms with Crippen molar-refractivity contribution in [3.8, 4) is 0 Å². The normalized spacial score (nSPS) is 21.8. The van der Waals surface area contributed by atoms with Gasteiger partial charge in [-0.3, -0.25) is 9.78 Å². The number of ether oxygens (including phenoxy) is 2. The average molecular weight is 509 g/mol. The molecule has 1 fully saturated rings. The highest BCUT2D eigenvalue weighted by Gasteiger charge is 2.38. The summed E-state index contributed by atoms with van der Waals surface area (Å²) < 4.78 is 12.8. The number of amides is 1. The fraction of sp³-hybridized carbons (Fsp3) is 0.357. The highest BCUT2D eigenvalue weighted by Crippen LogP contribution is 2.42. The first-order chi connectivity index (χ1) is 17.6. The van der Waals surface area contributed by atoms with Crippen LogP contribution in [0.15, 0.2) is 73.1 Å². The third-order valence-corrected chi connectivity index (χ3v) is 7.31. The third-order valence-electron chi connectivity index (χ3n) is 6.27. The maximum absolute atomic E-state index is 12.3. The number of aliphatic hydroxyl groups excluding tert-OH is 2. The van der Waals surface area contributed by atoms with Crippen LogP contribution in [-0.4, -0.2) is 45.3 Å². The minimum atomic E-state index is -0.539. The molecule has 190 valence electrons. The number of benzene rings is 2. The van der Waals surface area contributed by atoms with Gasteiger partial charge in [-0.1, -0.05) is 55.5 Å². The van der Waals surface area contributed by atoms with Crippen LogP contribution in [0.5, 0.6) is 0 Å². The molecule has 4 atom stereocenters. The minimum absolute atomic E-state index is 0.00254. The van der Waals surface area contributed by atoms with Crippen molar-refractivity contribution in [2.24, 2.45) is 5.92 Å². The highest BCUT2D eigenvalue weighted by atomic mass is 32.2. The summed E-state index contributed by atoms with van der Waals surface area (Å²) in [5, 5.41) is 21.5. The topological polar surface area (TPSA) is 101 Å². The van der Waals surface area contributed by atoms with E-state index in [0.717, 1.165) is 28.0 Å². The molecule has 0 aliphatic carbocycles. The molecule has 1 aliphatic rings. The first-order valence-electron chi connectivity index (χ1n) is 12.1. The second-order valence-corrected chi connectivity index (χ2v) is 9.94. The number of thioether (sulfide) groups is 1. The largest absolute Gasteiger partial charge is 0.396 e. The van der Waals surface area contributed by atoms with Crippen molar-refractivity contribution in [1.82, 2.24) is 10.3 Å². The van der Waals surface area contributed by atoms with E-state index >= 15 is 0 Å². The first kappa shape index (κ1) is 26.3. The van der Waals surface area contributed by atoms with Crippen LogP contribution in [0, 0.1) is 5.92 Å². The average Bonchev–Trinajstić information content (AvgIpc) is 2.93. The van der Waals surface area contributed by atoms with Gasteiger partial charge in [0, 0.05) is 41.9 Å². The molecule has 0 bridgehead atoms. The summed E-state index contributed by atoms with van der Waals surface area (Å²) >= 11 is 1.67. The van der Waals surface area contributed by atoms with Gasteiger partial charge < -0.3 is 25.0 Å². The van der Waals surface area contributed by atoms with E-state index < -0.39 is 6.29 Å². The van der Waals surface area contributed by atoms with Crippen LogP contribution < -0.4 is 5.32 Å². The number of hydrogen-bond donors (Lipinski definition) is 3. The number of pyridine rings is 1. The summed E-state index contributed by atoms with van der Waals surface area (Å²) in [6.07, 6.45) is 2.41. The van der Waals surface area contributed by atoms with E-state index in [0.29, 0.717) is 17.9 Å². The highest BCUT2D eigenvalue weighted by molar-refractivity contribution is 7.99. The van der Waals surface area contributed by atoms with E-state index in [2.05, 4.69) is 17.2 Å². The predicted molar refractivity (Wildman–Crippen MR) is 139 cm³/mol. The van der Waals surface area contributed by atoms with Crippen LogP contribution in [0.3, 0.4) is 0 Å². The van der Waals surface area contributed by atoms with Gasteiger partial charge in [0.1, 0.15) is 0 Å². The van der Waals surface area contributed by atoms with E-state index in [1.54, 1.807) is 36.3 Å². The number of nitrogens with zero attached hydrogens (tertiary/aromatic N) is 1. The summed E-state index contributed by atoms with van der Waals surface area (Å²) in [4.78, 5) is 16.3. The van der Waals surface area contributed by atoms with Gasteiger partial charge in [0.2, 0.25) is 0 Å². The van der Waals surface area contributed by atoms with Gasteiger partial charge in [0.15, 0.2) is 6.29 Å². The van der Waals surface area contributed by atoms with E-state index in [9.17, 15) is 15.0 Å². The Morgan fingerprint density at radius 1 is 1.00 bits per heavy atom. The van der Waals surface area contributed by atoms with Crippen LogP contribution in [-0.2, 0) is 22.6 Å². The number of carbonyl (C=O) groups excluding carboxylic acids is 1. The molecular formula is C28H32N2O5S. The van der Waals surface area contributed by atoms with Crippen molar-refractivity contribution in [3.63, 3.8) is 0 Å². The number of rotatable bonds is 10. The summed E-state index contributed by atoms with van der Waals surface area (Å²) in [7, 11) is 0. The lowest BCUT2D eigenvalue weighted by molar-refractivity contribution is -0.268.